The number of nitrogens with zero attached hydrogens (tertiary/aromatic N) is 5. The van der Waals surface area contributed by atoms with Gasteiger partial charge in [0, 0.05) is 36.8 Å². The minimum atomic E-state index is -4.85. The van der Waals surface area contributed by atoms with Crippen molar-refractivity contribution in [3.63, 3.8) is 0 Å². The third-order valence-electron chi connectivity index (χ3n) is 5.38. The maximum atomic E-state index is 13.7. The van der Waals surface area contributed by atoms with Crippen molar-refractivity contribution in [3.8, 4) is 11.1 Å². The van der Waals surface area contributed by atoms with Gasteiger partial charge >= 0.3 is 12.4 Å². The highest BCUT2D eigenvalue weighted by Crippen LogP contribution is 2.44. The molecule has 196 valence electrons. The van der Waals surface area contributed by atoms with Crippen LogP contribution in [-0.4, -0.2) is 36.4 Å². The fourth-order valence-electron chi connectivity index (χ4n) is 3.69. The summed E-state index contributed by atoms with van der Waals surface area (Å²) < 4.78 is 82.4. The summed E-state index contributed by atoms with van der Waals surface area (Å²) in [5.74, 6) is -2.18. The third-order valence-corrected chi connectivity index (χ3v) is 6.48. The van der Waals surface area contributed by atoms with E-state index in [1.807, 2.05) is 0 Å². The second kappa shape index (κ2) is 8.86. The van der Waals surface area contributed by atoms with Gasteiger partial charge in [-0.1, -0.05) is 0 Å². The topological polar surface area (TPSA) is 121 Å². The van der Waals surface area contributed by atoms with Crippen LogP contribution in [0.25, 0.3) is 21.3 Å². The van der Waals surface area contributed by atoms with E-state index in [0.717, 1.165) is 13.1 Å². The number of amides is 2. The monoisotopic (exact) mass is 545 g/mol. The summed E-state index contributed by atoms with van der Waals surface area (Å²) in [4.78, 5) is 28.2. The minimum absolute atomic E-state index is 0.0443. The molecule has 4 aromatic heterocycles. The average molecular weight is 545 g/mol. The number of thiophene rings is 1. The number of primary amides is 1. The van der Waals surface area contributed by atoms with Crippen molar-refractivity contribution < 1.29 is 35.9 Å². The lowest BCUT2D eigenvalue weighted by Crippen LogP contribution is -2.19. The zero-order valence-electron chi connectivity index (χ0n) is 19.2. The molecule has 0 spiro atoms. The molecule has 0 radical (unpaired) electrons. The highest BCUT2D eigenvalue weighted by atomic mass is 32.1. The first-order valence-corrected chi connectivity index (χ1v) is 11.2. The van der Waals surface area contributed by atoms with E-state index in [2.05, 4.69) is 20.5 Å². The molecular formula is C21H17F6N7O2S. The number of carbonyl (C=O) groups excluding carboxylic acids is 2. The number of carbonyl (C=O) groups is 2. The van der Waals surface area contributed by atoms with E-state index in [9.17, 15) is 35.9 Å². The summed E-state index contributed by atoms with van der Waals surface area (Å²) in [5.41, 5.74) is 2.63. The SMILES string of the molecule is CCn1cc(-c2cc(C(F)(F)F)nc3sc(C(N)=O)c(NC(=O)c4cc(C(F)(F)F)nn4C)c23)c(C)n1. The van der Waals surface area contributed by atoms with Crippen LogP contribution in [0, 0.1) is 6.92 Å². The van der Waals surface area contributed by atoms with Gasteiger partial charge in [-0.2, -0.15) is 36.5 Å². The first-order valence-electron chi connectivity index (χ1n) is 10.4. The van der Waals surface area contributed by atoms with Gasteiger partial charge in [-0.3, -0.25) is 19.0 Å². The summed E-state index contributed by atoms with van der Waals surface area (Å²) in [7, 11) is 1.11. The standard InChI is InChI=1S/C21H17F6N7O2S/c1-4-34-7-10(8(2)31-34)9-5-12(20(22,23)24)29-19-14(9)15(16(37-19)17(28)35)30-18(36)11-6-13(21(25,26)27)32-33(11)3/h5-7H,4H2,1-3H3,(H2,28,35)(H,30,36). The molecule has 0 aromatic carbocycles. The van der Waals surface area contributed by atoms with Crippen LogP contribution in [0.15, 0.2) is 18.3 Å². The van der Waals surface area contributed by atoms with Gasteiger partial charge in [0.25, 0.3) is 11.8 Å². The van der Waals surface area contributed by atoms with E-state index in [-0.39, 0.29) is 31.9 Å². The Labute approximate surface area is 207 Å². The molecule has 0 saturated carbocycles. The van der Waals surface area contributed by atoms with Gasteiger partial charge in [-0.25, -0.2) is 4.98 Å². The number of alkyl halides is 6. The highest BCUT2D eigenvalue weighted by Gasteiger charge is 2.37. The predicted molar refractivity (Wildman–Crippen MR) is 121 cm³/mol. The van der Waals surface area contributed by atoms with Crippen molar-refractivity contribution in [1.29, 1.82) is 0 Å². The number of aryl methyl sites for hydroxylation is 3. The molecule has 16 heteroatoms. The van der Waals surface area contributed by atoms with Gasteiger partial charge in [0.2, 0.25) is 0 Å². The number of nitrogens with two attached hydrogens (primary N) is 1. The van der Waals surface area contributed by atoms with Gasteiger partial charge in [0.1, 0.15) is 21.1 Å². The number of aromatic nitrogens is 5. The molecule has 4 heterocycles. The molecule has 0 aliphatic rings. The third kappa shape index (κ3) is 4.75. The molecule has 0 atom stereocenters. The van der Waals surface area contributed by atoms with Gasteiger partial charge in [-0.15, -0.1) is 11.3 Å². The number of fused-ring (bicyclic) bond motifs is 1. The molecule has 0 unspecified atom stereocenters. The maximum Gasteiger partial charge on any atom is 0.435 e. The molecule has 0 aliphatic carbocycles. The summed E-state index contributed by atoms with van der Waals surface area (Å²) >= 11 is 0.510. The Kier molecular flexibility index (Phi) is 6.26. The quantitative estimate of drug-likeness (QED) is 0.355. The van der Waals surface area contributed by atoms with Crippen LogP contribution >= 0.6 is 11.3 Å². The molecule has 4 aromatic rings. The van der Waals surface area contributed by atoms with Gasteiger partial charge in [0.15, 0.2) is 5.69 Å². The fourth-order valence-corrected chi connectivity index (χ4v) is 4.70. The largest absolute Gasteiger partial charge is 0.435 e. The van der Waals surface area contributed by atoms with Crippen molar-refractivity contribution in [1.82, 2.24) is 24.5 Å². The van der Waals surface area contributed by atoms with Gasteiger partial charge < -0.3 is 11.1 Å². The average Bonchev–Trinajstić information content (AvgIpc) is 3.47. The molecule has 9 nitrogen and oxygen atoms in total. The molecule has 0 aliphatic heterocycles. The van der Waals surface area contributed by atoms with E-state index in [1.165, 1.54) is 10.9 Å². The summed E-state index contributed by atoms with van der Waals surface area (Å²) in [6.07, 6.45) is -8.18. The van der Waals surface area contributed by atoms with Gasteiger partial charge in [0.05, 0.1) is 11.4 Å². The normalized spacial score (nSPS) is 12.4. The summed E-state index contributed by atoms with van der Waals surface area (Å²) in [5, 5.41) is 9.81. The van der Waals surface area contributed by atoms with Crippen molar-refractivity contribution >= 4 is 39.1 Å². The van der Waals surface area contributed by atoms with Crippen LogP contribution in [0.5, 0.6) is 0 Å². The Morgan fingerprint density at radius 1 is 1.05 bits per heavy atom. The number of hydrogen-bond acceptors (Lipinski definition) is 6. The Hall–Kier alpha value is -3.95. The van der Waals surface area contributed by atoms with Crippen LogP contribution in [-0.2, 0) is 25.9 Å². The van der Waals surface area contributed by atoms with Crippen molar-refractivity contribution in [2.24, 2.45) is 12.8 Å². The first-order chi connectivity index (χ1) is 17.1. The van der Waals surface area contributed by atoms with Crippen LogP contribution in [0.1, 0.15) is 44.2 Å². The van der Waals surface area contributed by atoms with E-state index < -0.39 is 41.2 Å². The lowest BCUT2D eigenvalue weighted by atomic mass is 10.0. The van der Waals surface area contributed by atoms with E-state index in [0.29, 0.717) is 34.3 Å². The number of halogens is 6. The number of rotatable bonds is 5. The van der Waals surface area contributed by atoms with Crippen LogP contribution < -0.4 is 11.1 Å². The molecule has 4 rings (SSSR count). The Balaban J connectivity index is 1.97. The van der Waals surface area contributed by atoms with Crippen molar-refractivity contribution in [2.45, 2.75) is 32.7 Å². The first kappa shape index (κ1) is 26.1. The summed E-state index contributed by atoms with van der Waals surface area (Å²) in [6, 6.07) is 1.26. The lowest BCUT2D eigenvalue weighted by molar-refractivity contribution is -0.142. The number of pyridine rings is 1. The molecule has 37 heavy (non-hydrogen) atoms. The van der Waals surface area contributed by atoms with Crippen molar-refractivity contribution in [3.05, 3.63) is 46.0 Å². The second-order valence-corrected chi connectivity index (χ2v) is 8.88. The molecule has 3 N–H and O–H groups in total. The molecule has 0 bridgehead atoms. The number of hydrogen-bond donors (Lipinski definition) is 2. The van der Waals surface area contributed by atoms with Crippen molar-refractivity contribution in [2.75, 3.05) is 5.32 Å². The van der Waals surface area contributed by atoms with Crippen LogP contribution in [0.2, 0.25) is 0 Å². The Bertz CT molecular complexity index is 1550. The lowest BCUT2D eigenvalue weighted by Gasteiger charge is -2.12. The Morgan fingerprint density at radius 2 is 1.70 bits per heavy atom. The van der Waals surface area contributed by atoms with E-state index in [1.54, 1.807) is 13.8 Å². The Morgan fingerprint density at radius 3 is 2.22 bits per heavy atom. The predicted octanol–water partition coefficient (Wildman–Crippen LogP) is 4.61. The smallest absolute Gasteiger partial charge is 0.365 e. The van der Waals surface area contributed by atoms with Crippen LogP contribution in [0.4, 0.5) is 32.0 Å². The molecule has 0 fully saturated rings. The summed E-state index contributed by atoms with van der Waals surface area (Å²) in [6.45, 7) is 3.74. The number of anilines is 1. The minimum Gasteiger partial charge on any atom is -0.365 e. The van der Waals surface area contributed by atoms with E-state index >= 15 is 0 Å². The second-order valence-electron chi connectivity index (χ2n) is 7.88. The zero-order chi connectivity index (χ0) is 27.4. The maximum absolute atomic E-state index is 13.7. The highest BCUT2D eigenvalue weighted by molar-refractivity contribution is 7.21. The molecular weight excluding hydrogens is 528 g/mol. The number of nitrogens with one attached hydrogen (secondary N) is 1. The van der Waals surface area contributed by atoms with Crippen LogP contribution in [0.3, 0.4) is 0 Å². The zero-order valence-corrected chi connectivity index (χ0v) is 20.1. The fraction of sp³-hybridized carbons (Fsp3) is 0.286. The molecule has 0 saturated heterocycles. The van der Waals surface area contributed by atoms with Gasteiger partial charge in [-0.05, 0) is 25.5 Å². The van der Waals surface area contributed by atoms with E-state index in [4.69, 9.17) is 5.73 Å². The molecule has 2 amide bonds.